The van der Waals surface area contributed by atoms with Gasteiger partial charge in [-0.1, -0.05) is 38.0 Å². The third-order valence-corrected chi connectivity index (χ3v) is 1.63. The maximum absolute atomic E-state index is 11.1. The smallest absolute Gasteiger partial charge is 0.331 e. The van der Waals surface area contributed by atoms with E-state index in [1.54, 1.807) is 0 Å². The molecule has 0 saturated carbocycles. The number of hydrogen-bond donors (Lipinski definition) is 0. The van der Waals surface area contributed by atoms with Gasteiger partial charge in [0.15, 0.2) is 6.10 Å². The molecule has 0 fully saturated rings. The van der Waals surface area contributed by atoms with Gasteiger partial charge in [0.25, 0.3) is 0 Å². The highest BCUT2D eigenvalue weighted by Crippen LogP contribution is 2.04. The quantitative estimate of drug-likeness (QED) is 0.280. The fourth-order valence-electron chi connectivity index (χ4n) is 0.892. The molecule has 76 valence electrons. The van der Waals surface area contributed by atoms with E-state index in [0.29, 0.717) is 0 Å². The zero-order valence-corrected chi connectivity index (χ0v) is 8.53. The maximum atomic E-state index is 11.1. The molecule has 2 nitrogen and oxygen atoms in total. The number of terminal acetylenes is 1. The molecule has 0 rings (SSSR count). The fraction of sp³-hybridized carbons (Fsp3) is 0.417. The lowest BCUT2D eigenvalue weighted by Crippen LogP contribution is -2.14. The Bertz CT molecular complexity index is 246. The van der Waals surface area contributed by atoms with E-state index in [-0.39, 0.29) is 0 Å². The van der Waals surface area contributed by atoms with E-state index >= 15 is 0 Å². The molecule has 0 aromatic rings. The summed E-state index contributed by atoms with van der Waals surface area (Å²) in [5.74, 6) is 2.03. The van der Waals surface area contributed by atoms with Crippen molar-refractivity contribution in [3.8, 4) is 12.3 Å². The average molecular weight is 192 g/mol. The second-order valence-electron chi connectivity index (χ2n) is 2.83. The van der Waals surface area contributed by atoms with Crippen LogP contribution in [-0.4, -0.2) is 12.1 Å². The van der Waals surface area contributed by atoms with Crippen molar-refractivity contribution in [3.05, 3.63) is 24.8 Å². The molecule has 0 amide bonds. The van der Waals surface area contributed by atoms with Gasteiger partial charge < -0.3 is 4.74 Å². The van der Waals surface area contributed by atoms with Gasteiger partial charge in [0.2, 0.25) is 0 Å². The van der Waals surface area contributed by atoms with Crippen molar-refractivity contribution in [2.24, 2.45) is 0 Å². The highest BCUT2D eigenvalue weighted by Gasteiger charge is 2.07. The normalized spacial score (nSPS) is 12.0. The molecule has 0 heterocycles. The number of ether oxygens (including phenoxy) is 1. The van der Waals surface area contributed by atoms with Gasteiger partial charge in [0, 0.05) is 6.08 Å². The number of carbonyl (C=O) groups excluding carboxylic acids is 1. The summed E-state index contributed by atoms with van der Waals surface area (Å²) in [7, 11) is 0. The Morgan fingerprint density at radius 3 is 2.93 bits per heavy atom. The van der Waals surface area contributed by atoms with Gasteiger partial charge in [0.05, 0.1) is 0 Å². The molecule has 0 N–H and O–H groups in total. The zero-order valence-electron chi connectivity index (χ0n) is 8.53. The third-order valence-electron chi connectivity index (χ3n) is 1.63. The molecule has 1 unspecified atom stereocenters. The number of hydrogen-bond acceptors (Lipinski definition) is 2. The van der Waals surface area contributed by atoms with E-state index in [9.17, 15) is 4.79 Å². The average Bonchev–Trinajstić information content (AvgIpc) is 2.21. The SMILES string of the molecule is C#CC(CCCC)OC(=O)C=CC=C. The first-order chi connectivity index (χ1) is 6.74. The van der Waals surface area contributed by atoms with Crippen LogP contribution in [0.5, 0.6) is 0 Å². The van der Waals surface area contributed by atoms with E-state index in [1.807, 2.05) is 0 Å². The molecule has 0 aromatic heterocycles. The van der Waals surface area contributed by atoms with Crippen molar-refractivity contribution in [2.45, 2.75) is 32.3 Å². The van der Waals surface area contributed by atoms with Crippen LogP contribution in [0, 0.1) is 12.3 Å². The first-order valence-corrected chi connectivity index (χ1v) is 4.70. The van der Waals surface area contributed by atoms with E-state index in [0.717, 1.165) is 19.3 Å². The first-order valence-electron chi connectivity index (χ1n) is 4.70. The van der Waals surface area contributed by atoms with Crippen LogP contribution in [0.2, 0.25) is 0 Å². The number of allylic oxidation sites excluding steroid dienone is 2. The molecule has 2 heteroatoms. The Balaban J connectivity index is 3.93. The highest BCUT2D eigenvalue weighted by atomic mass is 16.5. The zero-order chi connectivity index (χ0) is 10.8. The van der Waals surface area contributed by atoms with Gasteiger partial charge >= 0.3 is 5.97 Å². The lowest BCUT2D eigenvalue weighted by molar-refractivity contribution is -0.140. The molecule has 0 aliphatic carbocycles. The van der Waals surface area contributed by atoms with Gasteiger partial charge in [-0.3, -0.25) is 0 Å². The highest BCUT2D eigenvalue weighted by molar-refractivity contribution is 5.82. The Morgan fingerprint density at radius 2 is 2.43 bits per heavy atom. The topological polar surface area (TPSA) is 26.3 Å². The molecular formula is C12H16O2. The molecule has 1 atom stereocenters. The molecular weight excluding hydrogens is 176 g/mol. The van der Waals surface area contributed by atoms with Gasteiger partial charge in [-0.2, -0.15) is 0 Å². The van der Waals surface area contributed by atoms with Gasteiger partial charge in [-0.25, -0.2) is 4.79 Å². The Hall–Kier alpha value is -1.49. The Kier molecular flexibility index (Phi) is 7.26. The molecule has 0 saturated heterocycles. The van der Waals surface area contributed by atoms with Crippen molar-refractivity contribution in [1.29, 1.82) is 0 Å². The van der Waals surface area contributed by atoms with Crippen LogP contribution in [0.25, 0.3) is 0 Å². The summed E-state index contributed by atoms with van der Waals surface area (Å²) in [5.41, 5.74) is 0. The number of carbonyl (C=O) groups is 1. The number of esters is 1. The minimum absolute atomic E-state index is 0.406. The Morgan fingerprint density at radius 1 is 1.71 bits per heavy atom. The maximum Gasteiger partial charge on any atom is 0.331 e. The molecule has 0 aliphatic heterocycles. The van der Waals surface area contributed by atoms with Crippen LogP contribution in [0.4, 0.5) is 0 Å². The standard InChI is InChI=1S/C12H16O2/c1-4-7-9-11(6-3)14-12(13)10-8-5-2/h3,5,8,10-11H,2,4,7,9H2,1H3. The van der Waals surface area contributed by atoms with Crippen molar-refractivity contribution >= 4 is 5.97 Å². The van der Waals surface area contributed by atoms with Crippen LogP contribution in [0.1, 0.15) is 26.2 Å². The number of unbranched alkanes of at least 4 members (excludes halogenated alkanes) is 1. The van der Waals surface area contributed by atoms with Crippen molar-refractivity contribution < 1.29 is 9.53 Å². The van der Waals surface area contributed by atoms with Crippen molar-refractivity contribution in [3.63, 3.8) is 0 Å². The minimum Gasteiger partial charge on any atom is -0.446 e. The van der Waals surface area contributed by atoms with Gasteiger partial charge in [-0.05, 0) is 12.8 Å². The molecule has 0 aliphatic rings. The lowest BCUT2D eigenvalue weighted by atomic mass is 10.2. The summed E-state index contributed by atoms with van der Waals surface area (Å²) >= 11 is 0. The van der Waals surface area contributed by atoms with E-state index in [1.165, 1.54) is 18.2 Å². The molecule has 0 spiro atoms. The van der Waals surface area contributed by atoms with Crippen molar-refractivity contribution in [1.82, 2.24) is 0 Å². The summed E-state index contributed by atoms with van der Waals surface area (Å²) in [6.07, 6.45) is 11.9. The largest absolute Gasteiger partial charge is 0.446 e. The second kappa shape index (κ2) is 8.12. The van der Waals surface area contributed by atoms with Crippen LogP contribution in [-0.2, 0) is 9.53 Å². The fourth-order valence-corrected chi connectivity index (χ4v) is 0.892. The third kappa shape index (κ3) is 6.07. The van der Waals surface area contributed by atoms with E-state index in [4.69, 9.17) is 11.2 Å². The van der Waals surface area contributed by atoms with Crippen LogP contribution in [0.3, 0.4) is 0 Å². The number of rotatable bonds is 6. The predicted molar refractivity (Wildman–Crippen MR) is 57.6 cm³/mol. The van der Waals surface area contributed by atoms with Gasteiger partial charge in [0.1, 0.15) is 0 Å². The first kappa shape index (κ1) is 12.5. The summed E-state index contributed by atoms with van der Waals surface area (Å²) in [6, 6.07) is 0. The van der Waals surface area contributed by atoms with Crippen LogP contribution in [0.15, 0.2) is 24.8 Å². The van der Waals surface area contributed by atoms with Crippen molar-refractivity contribution in [2.75, 3.05) is 0 Å². The van der Waals surface area contributed by atoms with Crippen LogP contribution >= 0.6 is 0 Å². The van der Waals surface area contributed by atoms with E-state index < -0.39 is 12.1 Å². The lowest BCUT2D eigenvalue weighted by Gasteiger charge is -2.09. The molecule has 0 aromatic carbocycles. The monoisotopic (exact) mass is 192 g/mol. The van der Waals surface area contributed by atoms with E-state index in [2.05, 4.69) is 19.4 Å². The molecule has 0 radical (unpaired) electrons. The summed E-state index contributed by atoms with van der Waals surface area (Å²) in [4.78, 5) is 11.1. The predicted octanol–water partition coefficient (Wildman–Crippen LogP) is 2.46. The minimum atomic E-state index is -0.413. The van der Waals surface area contributed by atoms with Crippen LogP contribution < -0.4 is 0 Å². The van der Waals surface area contributed by atoms with Gasteiger partial charge in [-0.15, -0.1) is 6.42 Å². The second-order valence-corrected chi connectivity index (χ2v) is 2.83. The summed E-state index contributed by atoms with van der Waals surface area (Å²) < 4.78 is 4.99. The molecule has 0 bridgehead atoms. The summed E-state index contributed by atoms with van der Waals surface area (Å²) in [6.45, 7) is 5.51. The summed E-state index contributed by atoms with van der Waals surface area (Å²) in [5, 5.41) is 0. The Labute approximate surface area is 85.6 Å². The molecule has 14 heavy (non-hydrogen) atoms.